The molecule has 0 aromatic carbocycles. The smallest absolute Gasteiger partial charge is 0.309 e. The second kappa shape index (κ2) is 4.97. The fraction of sp³-hybridized carbons (Fsp3) is 0.950. The lowest BCUT2D eigenvalue weighted by Crippen LogP contribution is -2.58. The molecule has 4 heteroatoms. The number of rotatable bonds is 2. The van der Waals surface area contributed by atoms with Gasteiger partial charge >= 0.3 is 5.97 Å². The van der Waals surface area contributed by atoms with E-state index in [1.54, 1.807) is 0 Å². The molecule has 0 aliphatic heterocycles. The summed E-state index contributed by atoms with van der Waals surface area (Å²) in [5.74, 6) is 0.348. The Hall–Kier alpha value is -0.610. The van der Waals surface area contributed by atoms with Crippen molar-refractivity contribution in [2.24, 2.45) is 34.0 Å². The molecule has 4 rings (SSSR count). The van der Waals surface area contributed by atoms with Crippen LogP contribution in [0.4, 0.5) is 0 Å². The molecule has 4 aliphatic rings. The van der Waals surface area contributed by atoms with Crippen LogP contribution < -0.4 is 0 Å². The number of aliphatic hydroxyl groups excluding tert-OH is 1. The van der Waals surface area contributed by atoms with Crippen LogP contribution in [-0.2, 0) is 4.79 Å². The summed E-state index contributed by atoms with van der Waals surface area (Å²) in [6, 6.07) is 0. The maximum absolute atomic E-state index is 12.1. The largest absolute Gasteiger partial charge is 0.481 e. The normalized spacial score (nSPS) is 56.4. The molecule has 4 nitrogen and oxygen atoms in total. The van der Waals surface area contributed by atoms with Crippen molar-refractivity contribution in [3.8, 4) is 0 Å². The molecule has 0 heterocycles. The molecular formula is C20H32O4. The Labute approximate surface area is 144 Å². The second-order valence-corrected chi connectivity index (χ2v) is 10.0. The monoisotopic (exact) mass is 336 g/mol. The summed E-state index contributed by atoms with van der Waals surface area (Å²) in [6.45, 7) is 4.19. The van der Waals surface area contributed by atoms with Crippen LogP contribution in [0.2, 0.25) is 0 Å². The van der Waals surface area contributed by atoms with E-state index < -0.39 is 17.0 Å². The van der Waals surface area contributed by atoms with Crippen molar-refractivity contribution in [2.45, 2.75) is 77.2 Å². The summed E-state index contributed by atoms with van der Waals surface area (Å²) in [5.41, 5.74) is -1.31. The van der Waals surface area contributed by atoms with Gasteiger partial charge in [-0.15, -0.1) is 0 Å². The van der Waals surface area contributed by atoms with Crippen molar-refractivity contribution >= 4 is 5.97 Å². The summed E-state index contributed by atoms with van der Waals surface area (Å²) in [6.07, 6.45) is 8.73. The molecule has 0 unspecified atom stereocenters. The number of carboxylic acid groups (broad SMARTS) is 1. The van der Waals surface area contributed by atoms with Crippen molar-refractivity contribution in [1.82, 2.24) is 0 Å². The van der Waals surface area contributed by atoms with E-state index in [-0.39, 0.29) is 29.3 Å². The molecule has 0 aromatic rings. The highest BCUT2D eigenvalue weighted by molar-refractivity contribution is 5.75. The van der Waals surface area contributed by atoms with Crippen LogP contribution >= 0.6 is 0 Å². The average molecular weight is 336 g/mol. The fourth-order valence-electron chi connectivity index (χ4n) is 8.06. The number of fused-ring (bicyclic) bond motifs is 3. The van der Waals surface area contributed by atoms with Crippen LogP contribution in [-0.4, -0.2) is 33.5 Å². The van der Waals surface area contributed by atoms with Gasteiger partial charge < -0.3 is 15.3 Å². The van der Waals surface area contributed by atoms with Crippen molar-refractivity contribution < 1.29 is 20.1 Å². The Morgan fingerprint density at radius 1 is 1.08 bits per heavy atom. The van der Waals surface area contributed by atoms with Gasteiger partial charge in [-0.2, -0.15) is 0 Å². The summed E-state index contributed by atoms with van der Waals surface area (Å²) < 4.78 is 0. The molecule has 2 bridgehead atoms. The first-order chi connectivity index (χ1) is 11.2. The summed E-state index contributed by atoms with van der Waals surface area (Å²) in [5, 5.41) is 30.6. The number of aliphatic hydroxyl groups is 2. The molecule has 3 N–H and O–H groups in total. The van der Waals surface area contributed by atoms with Gasteiger partial charge in [-0.25, -0.2) is 0 Å². The van der Waals surface area contributed by atoms with Gasteiger partial charge in [0.1, 0.15) is 0 Å². The van der Waals surface area contributed by atoms with Gasteiger partial charge in [0.25, 0.3) is 0 Å². The molecule has 0 saturated heterocycles. The number of hydrogen-bond acceptors (Lipinski definition) is 3. The third-order valence-corrected chi connectivity index (χ3v) is 9.08. The zero-order chi connectivity index (χ0) is 17.4. The SMILES string of the molecule is C[C@@]12CCC[C@@](C)(C(=O)O)[C@@H]1CC[C@]13C[C@H](CC[C@@H]12)[C@](O)(CO)C3. The van der Waals surface area contributed by atoms with Crippen molar-refractivity contribution in [3.05, 3.63) is 0 Å². The molecule has 1 spiro atoms. The second-order valence-electron chi connectivity index (χ2n) is 10.0. The zero-order valence-corrected chi connectivity index (χ0v) is 15.1. The van der Waals surface area contributed by atoms with Gasteiger partial charge in [0, 0.05) is 0 Å². The topological polar surface area (TPSA) is 77.8 Å². The van der Waals surface area contributed by atoms with Crippen molar-refractivity contribution in [2.75, 3.05) is 6.61 Å². The van der Waals surface area contributed by atoms with E-state index in [1.807, 2.05) is 6.92 Å². The zero-order valence-electron chi connectivity index (χ0n) is 15.1. The van der Waals surface area contributed by atoms with E-state index in [9.17, 15) is 20.1 Å². The van der Waals surface area contributed by atoms with Crippen LogP contribution in [0, 0.1) is 34.0 Å². The number of carboxylic acids is 1. The molecule has 0 aromatic heterocycles. The molecule has 4 saturated carbocycles. The maximum atomic E-state index is 12.1. The molecule has 7 atom stereocenters. The van der Waals surface area contributed by atoms with E-state index in [0.29, 0.717) is 5.92 Å². The lowest BCUT2D eigenvalue weighted by Gasteiger charge is -2.63. The lowest BCUT2D eigenvalue weighted by molar-refractivity contribution is -0.181. The molecular weight excluding hydrogens is 304 g/mol. The van der Waals surface area contributed by atoms with Gasteiger partial charge in [0.2, 0.25) is 0 Å². The molecule has 4 fully saturated rings. The first kappa shape index (κ1) is 16.8. The van der Waals surface area contributed by atoms with E-state index in [1.165, 1.54) is 0 Å². The van der Waals surface area contributed by atoms with E-state index in [0.717, 1.165) is 57.8 Å². The first-order valence-electron chi connectivity index (χ1n) is 9.77. The molecule has 4 aliphatic carbocycles. The summed E-state index contributed by atoms with van der Waals surface area (Å²) in [7, 11) is 0. The Kier molecular flexibility index (Phi) is 3.49. The summed E-state index contributed by atoms with van der Waals surface area (Å²) >= 11 is 0. The van der Waals surface area contributed by atoms with E-state index >= 15 is 0 Å². The number of carbonyl (C=O) groups is 1. The highest BCUT2D eigenvalue weighted by Gasteiger charge is 2.68. The predicted molar refractivity (Wildman–Crippen MR) is 90.3 cm³/mol. The Morgan fingerprint density at radius 3 is 2.50 bits per heavy atom. The highest BCUT2D eigenvalue weighted by Crippen LogP contribution is 2.72. The van der Waals surface area contributed by atoms with Gasteiger partial charge in [-0.05, 0) is 86.9 Å². The minimum Gasteiger partial charge on any atom is -0.481 e. The van der Waals surface area contributed by atoms with Crippen LogP contribution in [0.15, 0.2) is 0 Å². The van der Waals surface area contributed by atoms with Crippen molar-refractivity contribution in [3.63, 3.8) is 0 Å². The highest BCUT2D eigenvalue weighted by atomic mass is 16.4. The quantitative estimate of drug-likeness (QED) is 0.723. The van der Waals surface area contributed by atoms with Gasteiger partial charge in [-0.1, -0.05) is 13.3 Å². The van der Waals surface area contributed by atoms with Crippen LogP contribution in [0.25, 0.3) is 0 Å². The van der Waals surface area contributed by atoms with E-state index in [4.69, 9.17) is 0 Å². The first-order valence-corrected chi connectivity index (χ1v) is 9.77. The van der Waals surface area contributed by atoms with E-state index in [2.05, 4.69) is 6.92 Å². The Bertz CT molecular complexity index is 562. The van der Waals surface area contributed by atoms with Crippen LogP contribution in [0.1, 0.15) is 71.6 Å². The van der Waals surface area contributed by atoms with Crippen LogP contribution in [0.5, 0.6) is 0 Å². The molecule has 0 amide bonds. The van der Waals surface area contributed by atoms with Gasteiger partial charge in [0.05, 0.1) is 17.6 Å². The predicted octanol–water partition coefficient (Wildman–Crippen LogP) is 3.21. The van der Waals surface area contributed by atoms with Crippen LogP contribution in [0.3, 0.4) is 0 Å². The lowest BCUT2D eigenvalue weighted by atomic mass is 9.41. The Morgan fingerprint density at radius 2 is 1.83 bits per heavy atom. The molecule has 136 valence electrons. The minimum absolute atomic E-state index is 0.0648. The standard InChI is InChI=1S/C20H32O4/c1-17-7-3-8-18(2,16(22)23)14(17)6-9-19-10-13(4-5-15(17)19)20(24,11-19)12-21/h13-15,21,24H,3-12H2,1-2H3,(H,22,23)/t13-,14+,15+,17+,18+,19+,20+/m0/s1. The summed E-state index contributed by atoms with van der Waals surface area (Å²) in [4.78, 5) is 12.1. The third kappa shape index (κ3) is 1.90. The average Bonchev–Trinajstić information content (AvgIpc) is 2.73. The fourth-order valence-corrected chi connectivity index (χ4v) is 8.06. The van der Waals surface area contributed by atoms with Gasteiger partial charge in [-0.3, -0.25) is 4.79 Å². The number of aliphatic carboxylic acids is 1. The maximum Gasteiger partial charge on any atom is 0.309 e. The molecule has 24 heavy (non-hydrogen) atoms. The van der Waals surface area contributed by atoms with Gasteiger partial charge in [0.15, 0.2) is 0 Å². The third-order valence-electron chi connectivity index (χ3n) is 9.08. The van der Waals surface area contributed by atoms with Crippen molar-refractivity contribution in [1.29, 1.82) is 0 Å². The number of hydrogen-bond donors (Lipinski definition) is 3. The minimum atomic E-state index is -0.900. The Balaban J connectivity index is 1.73. The molecule has 0 radical (unpaired) electrons.